The maximum absolute atomic E-state index is 11.5. The summed E-state index contributed by atoms with van der Waals surface area (Å²) >= 11 is 1.35. The predicted octanol–water partition coefficient (Wildman–Crippen LogP) is 2.01. The van der Waals surface area contributed by atoms with E-state index < -0.39 is 17.0 Å². The van der Waals surface area contributed by atoms with Crippen LogP contribution in [0.2, 0.25) is 0 Å². The zero-order chi connectivity index (χ0) is 13.1. The van der Waals surface area contributed by atoms with Crippen molar-refractivity contribution in [3.63, 3.8) is 0 Å². The number of nitro benzene ring substituents is 1. The second kappa shape index (κ2) is 5.26. The quantitative estimate of drug-likeness (QED) is 0.474. The first-order valence-corrected chi connectivity index (χ1v) is 6.35. The van der Waals surface area contributed by atoms with Crippen LogP contribution in [0, 0.1) is 10.1 Å². The Hall–Kier alpha value is -1.76. The van der Waals surface area contributed by atoms with Gasteiger partial charge in [0.1, 0.15) is 5.75 Å². The third kappa shape index (κ3) is 2.56. The Labute approximate surface area is 107 Å². The van der Waals surface area contributed by atoms with Crippen molar-refractivity contribution in [2.24, 2.45) is 0 Å². The van der Waals surface area contributed by atoms with Crippen LogP contribution in [0.4, 0.5) is 5.69 Å². The van der Waals surface area contributed by atoms with E-state index in [0.717, 1.165) is 0 Å². The van der Waals surface area contributed by atoms with Crippen LogP contribution < -0.4 is 4.74 Å². The fourth-order valence-corrected chi connectivity index (χ4v) is 2.52. The minimum atomic E-state index is -0.649. The van der Waals surface area contributed by atoms with Crippen molar-refractivity contribution in [2.75, 3.05) is 12.4 Å². The minimum absolute atomic E-state index is 0.0134. The van der Waals surface area contributed by atoms with Gasteiger partial charge in [-0.15, -0.1) is 11.8 Å². The molecule has 0 fully saturated rings. The van der Waals surface area contributed by atoms with Crippen molar-refractivity contribution >= 4 is 23.4 Å². The zero-order valence-corrected chi connectivity index (χ0v) is 10.4. The Bertz CT molecular complexity index is 490. The van der Waals surface area contributed by atoms with Crippen LogP contribution >= 0.6 is 11.8 Å². The molecule has 6 nitrogen and oxygen atoms in total. The number of hydrogen-bond donors (Lipinski definition) is 0. The largest absolute Gasteiger partial charge is 0.477 e. The van der Waals surface area contributed by atoms with E-state index in [0.29, 0.717) is 23.0 Å². The highest BCUT2D eigenvalue weighted by atomic mass is 32.2. The van der Waals surface area contributed by atoms with E-state index >= 15 is 0 Å². The molecule has 0 aliphatic carbocycles. The minimum Gasteiger partial charge on any atom is -0.477 e. The van der Waals surface area contributed by atoms with E-state index in [1.54, 1.807) is 6.92 Å². The fourth-order valence-electron chi connectivity index (χ4n) is 1.52. The summed E-state index contributed by atoms with van der Waals surface area (Å²) in [6, 6.07) is 4.31. The second-order valence-corrected chi connectivity index (χ2v) is 4.62. The summed E-state index contributed by atoms with van der Waals surface area (Å²) < 4.78 is 10.3. The molecule has 1 aliphatic heterocycles. The number of nitro groups is 1. The molecule has 0 radical (unpaired) electrons. The molecule has 1 unspecified atom stereocenters. The molecule has 2 rings (SSSR count). The maximum atomic E-state index is 11.5. The van der Waals surface area contributed by atoms with Gasteiger partial charge in [-0.3, -0.25) is 10.1 Å². The number of carbonyl (C=O) groups excluding carboxylic acids is 1. The van der Waals surface area contributed by atoms with Crippen LogP contribution in [0.3, 0.4) is 0 Å². The number of rotatable bonds is 3. The molecule has 0 amide bonds. The lowest BCUT2D eigenvalue weighted by Gasteiger charge is -2.23. The van der Waals surface area contributed by atoms with Gasteiger partial charge in [0, 0.05) is 17.9 Å². The molecule has 1 atom stereocenters. The molecule has 0 N–H and O–H groups in total. The number of fused-ring (bicyclic) bond motifs is 1. The van der Waals surface area contributed by atoms with E-state index in [4.69, 9.17) is 9.47 Å². The van der Waals surface area contributed by atoms with E-state index in [-0.39, 0.29) is 5.69 Å². The van der Waals surface area contributed by atoms with Crippen LogP contribution in [0.1, 0.15) is 6.92 Å². The summed E-state index contributed by atoms with van der Waals surface area (Å²) in [6.45, 7) is 2.03. The Morgan fingerprint density at radius 3 is 3.11 bits per heavy atom. The maximum Gasteiger partial charge on any atom is 0.348 e. The molecule has 0 aromatic heterocycles. The molecule has 1 aromatic carbocycles. The van der Waals surface area contributed by atoms with Gasteiger partial charge >= 0.3 is 5.97 Å². The van der Waals surface area contributed by atoms with Gasteiger partial charge < -0.3 is 9.47 Å². The van der Waals surface area contributed by atoms with Gasteiger partial charge in [-0.1, -0.05) is 0 Å². The molecule has 1 aromatic rings. The summed E-state index contributed by atoms with van der Waals surface area (Å²) in [7, 11) is 0. The van der Waals surface area contributed by atoms with Crippen LogP contribution in [0.25, 0.3) is 0 Å². The average Bonchev–Trinajstić information content (AvgIpc) is 2.37. The van der Waals surface area contributed by atoms with Crippen molar-refractivity contribution in [1.82, 2.24) is 0 Å². The van der Waals surface area contributed by atoms with Gasteiger partial charge in [-0.25, -0.2) is 4.79 Å². The lowest BCUT2D eigenvalue weighted by atomic mass is 10.3. The molecule has 96 valence electrons. The van der Waals surface area contributed by atoms with Crippen LogP contribution in [-0.4, -0.2) is 29.4 Å². The van der Waals surface area contributed by atoms with Crippen LogP contribution in [-0.2, 0) is 9.53 Å². The summed E-state index contributed by atoms with van der Waals surface area (Å²) in [4.78, 5) is 22.4. The van der Waals surface area contributed by atoms with E-state index in [1.165, 1.54) is 30.0 Å². The molecular weight excluding hydrogens is 258 g/mol. The van der Waals surface area contributed by atoms with Gasteiger partial charge in [0.25, 0.3) is 5.69 Å². The average molecular weight is 269 g/mol. The first-order valence-electron chi connectivity index (χ1n) is 5.36. The van der Waals surface area contributed by atoms with Crippen molar-refractivity contribution in [3.05, 3.63) is 28.3 Å². The first kappa shape index (κ1) is 12.7. The van der Waals surface area contributed by atoms with Gasteiger partial charge in [-0.2, -0.15) is 0 Å². The van der Waals surface area contributed by atoms with Crippen molar-refractivity contribution in [1.29, 1.82) is 0 Å². The lowest BCUT2D eigenvalue weighted by molar-refractivity contribution is -0.385. The molecule has 0 saturated heterocycles. The number of nitrogens with zero attached hydrogens (tertiary/aromatic N) is 1. The van der Waals surface area contributed by atoms with Gasteiger partial charge in [0.2, 0.25) is 6.10 Å². The first-order chi connectivity index (χ1) is 8.61. The molecule has 0 saturated carbocycles. The molecule has 0 bridgehead atoms. The van der Waals surface area contributed by atoms with Crippen molar-refractivity contribution in [2.45, 2.75) is 17.9 Å². The van der Waals surface area contributed by atoms with Crippen molar-refractivity contribution in [3.8, 4) is 5.75 Å². The summed E-state index contributed by atoms with van der Waals surface area (Å²) in [5, 5.41) is 10.6. The number of esters is 1. The lowest BCUT2D eigenvalue weighted by Crippen LogP contribution is -2.33. The van der Waals surface area contributed by atoms with E-state index in [1.807, 2.05) is 0 Å². The highest BCUT2D eigenvalue weighted by molar-refractivity contribution is 7.99. The summed E-state index contributed by atoms with van der Waals surface area (Å²) in [5.74, 6) is 0.469. The number of benzene rings is 1. The summed E-state index contributed by atoms with van der Waals surface area (Å²) in [6.07, 6.45) is -0.649. The number of ether oxygens (including phenoxy) is 2. The SMILES string of the molecule is CCOC(=O)C1CSc2cc([N+](=O)[O-])ccc2O1. The van der Waals surface area contributed by atoms with Gasteiger partial charge in [-0.05, 0) is 13.0 Å². The molecule has 1 aliphatic rings. The second-order valence-electron chi connectivity index (χ2n) is 3.56. The third-order valence-corrected chi connectivity index (χ3v) is 3.45. The normalized spacial score (nSPS) is 17.5. The highest BCUT2D eigenvalue weighted by Crippen LogP contribution is 2.37. The smallest absolute Gasteiger partial charge is 0.348 e. The third-order valence-electron chi connectivity index (χ3n) is 2.35. The number of carbonyl (C=O) groups is 1. The highest BCUT2D eigenvalue weighted by Gasteiger charge is 2.28. The Morgan fingerprint density at radius 2 is 2.44 bits per heavy atom. The van der Waals surface area contributed by atoms with Crippen LogP contribution in [0.5, 0.6) is 5.75 Å². The van der Waals surface area contributed by atoms with Crippen LogP contribution in [0.15, 0.2) is 23.1 Å². The van der Waals surface area contributed by atoms with Crippen molar-refractivity contribution < 1.29 is 19.2 Å². The van der Waals surface area contributed by atoms with E-state index in [2.05, 4.69) is 0 Å². The molecule has 18 heavy (non-hydrogen) atoms. The molecular formula is C11H11NO5S. The van der Waals surface area contributed by atoms with E-state index in [9.17, 15) is 14.9 Å². The number of non-ortho nitro benzene ring substituents is 1. The zero-order valence-electron chi connectivity index (χ0n) is 9.62. The Kier molecular flexibility index (Phi) is 3.71. The standard InChI is InChI=1S/C11H11NO5S/c1-2-16-11(13)9-6-18-10-5-7(12(14)15)3-4-8(10)17-9/h3-5,9H,2,6H2,1H3. The molecule has 7 heteroatoms. The number of thioether (sulfide) groups is 1. The Balaban J connectivity index is 2.16. The molecule has 1 heterocycles. The van der Waals surface area contributed by atoms with Gasteiger partial charge in [0.05, 0.1) is 16.4 Å². The summed E-state index contributed by atoms with van der Waals surface area (Å²) in [5.41, 5.74) is 0.0134. The Morgan fingerprint density at radius 1 is 1.67 bits per heavy atom. The fraction of sp³-hybridized carbons (Fsp3) is 0.364. The molecule has 0 spiro atoms. The number of hydrogen-bond acceptors (Lipinski definition) is 6. The topological polar surface area (TPSA) is 78.7 Å². The van der Waals surface area contributed by atoms with Gasteiger partial charge in [0.15, 0.2) is 0 Å². The monoisotopic (exact) mass is 269 g/mol. The predicted molar refractivity (Wildman–Crippen MR) is 64.9 cm³/mol.